The first kappa shape index (κ1) is 14.0. The van der Waals surface area contributed by atoms with Crippen LogP contribution in [0.1, 0.15) is 49.2 Å². The van der Waals surface area contributed by atoms with Crippen LogP contribution in [0.3, 0.4) is 0 Å². The minimum Gasteiger partial charge on any atom is -0.465 e. The van der Waals surface area contributed by atoms with Crippen molar-refractivity contribution in [3.8, 4) is 0 Å². The maximum absolute atomic E-state index is 11.3. The summed E-state index contributed by atoms with van der Waals surface area (Å²) in [6.07, 6.45) is 5.37. The van der Waals surface area contributed by atoms with E-state index in [1.807, 2.05) is 6.07 Å². The second kappa shape index (κ2) is 5.70. The summed E-state index contributed by atoms with van der Waals surface area (Å²) in [6, 6.07) is 4.19. The SMILES string of the molecule is COC(=O)c1ccc(CNC2CCCC2(C)C)nc1. The van der Waals surface area contributed by atoms with Gasteiger partial charge in [-0.1, -0.05) is 20.3 Å². The van der Waals surface area contributed by atoms with Crippen molar-refractivity contribution in [3.63, 3.8) is 0 Å². The molecule has 1 unspecified atom stereocenters. The lowest BCUT2D eigenvalue weighted by molar-refractivity contribution is 0.0600. The molecule has 1 N–H and O–H groups in total. The summed E-state index contributed by atoms with van der Waals surface area (Å²) < 4.78 is 4.65. The summed E-state index contributed by atoms with van der Waals surface area (Å²) in [7, 11) is 1.37. The topological polar surface area (TPSA) is 51.2 Å². The average molecular weight is 262 g/mol. The van der Waals surface area contributed by atoms with Gasteiger partial charge in [-0.05, 0) is 30.4 Å². The predicted octanol–water partition coefficient (Wildman–Crippen LogP) is 2.54. The molecule has 2 rings (SSSR count). The van der Waals surface area contributed by atoms with Crippen LogP contribution in [0.15, 0.2) is 18.3 Å². The second-order valence-corrected chi connectivity index (χ2v) is 5.84. The molecule has 1 aliphatic carbocycles. The summed E-state index contributed by atoms with van der Waals surface area (Å²) in [4.78, 5) is 15.6. The summed E-state index contributed by atoms with van der Waals surface area (Å²) in [5, 5.41) is 3.57. The Morgan fingerprint density at radius 3 is 2.84 bits per heavy atom. The zero-order chi connectivity index (χ0) is 13.9. The lowest BCUT2D eigenvalue weighted by Crippen LogP contribution is -2.37. The van der Waals surface area contributed by atoms with E-state index in [9.17, 15) is 4.79 Å². The molecule has 4 heteroatoms. The van der Waals surface area contributed by atoms with Gasteiger partial charge in [0.2, 0.25) is 0 Å². The Bertz CT molecular complexity index is 440. The molecule has 0 saturated heterocycles. The van der Waals surface area contributed by atoms with Crippen molar-refractivity contribution in [1.82, 2.24) is 10.3 Å². The third kappa shape index (κ3) is 3.32. The van der Waals surface area contributed by atoms with E-state index in [0.717, 1.165) is 12.2 Å². The Balaban J connectivity index is 1.91. The highest BCUT2D eigenvalue weighted by Gasteiger charge is 2.33. The molecule has 0 amide bonds. The lowest BCUT2D eigenvalue weighted by atomic mass is 9.87. The minimum atomic E-state index is -0.344. The maximum Gasteiger partial charge on any atom is 0.339 e. The van der Waals surface area contributed by atoms with E-state index in [4.69, 9.17) is 0 Å². The number of aromatic nitrogens is 1. The van der Waals surface area contributed by atoms with Gasteiger partial charge in [0.1, 0.15) is 0 Å². The molecular formula is C15H22N2O2. The first-order valence-corrected chi connectivity index (χ1v) is 6.79. The number of pyridine rings is 1. The molecule has 4 nitrogen and oxygen atoms in total. The number of nitrogens with one attached hydrogen (secondary N) is 1. The molecule has 0 radical (unpaired) electrons. The van der Waals surface area contributed by atoms with Crippen LogP contribution in [0, 0.1) is 5.41 Å². The first-order valence-electron chi connectivity index (χ1n) is 6.79. The van der Waals surface area contributed by atoms with Gasteiger partial charge in [0.15, 0.2) is 0 Å². The third-order valence-corrected chi connectivity index (χ3v) is 4.03. The van der Waals surface area contributed by atoms with Gasteiger partial charge in [-0.2, -0.15) is 0 Å². The molecule has 0 aromatic carbocycles. The zero-order valence-corrected chi connectivity index (χ0v) is 11.9. The fraction of sp³-hybridized carbons (Fsp3) is 0.600. The maximum atomic E-state index is 11.3. The Morgan fingerprint density at radius 1 is 1.53 bits per heavy atom. The van der Waals surface area contributed by atoms with Crippen molar-refractivity contribution in [1.29, 1.82) is 0 Å². The number of rotatable bonds is 4. The quantitative estimate of drug-likeness (QED) is 0.847. The average Bonchev–Trinajstić information content (AvgIpc) is 2.75. The number of nitrogens with zero attached hydrogens (tertiary/aromatic N) is 1. The molecule has 1 aromatic rings. The van der Waals surface area contributed by atoms with Crippen LogP contribution in [-0.2, 0) is 11.3 Å². The van der Waals surface area contributed by atoms with Crippen LogP contribution < -0.4 is 5.32 Å². The van der Waals surface area contributed by atoms with Crippen molar-refractivity contribution in [2.45, 2.75) is 45.7 Å². The van der Waals surface area contributed by atoms with Gasteiger partial charge in [-0.25, -0.2) is 4.79 Å². The number of carbonyl (C=O) groups is 1. The largest absolute Gasteiger partial charge is 0.465 e. The number of esters is 1. The molecule has 1 aromatic heterocycles. The Kier molecular flexibility index (Phi) is 4.20. The molecule has 1 saturated carbocycles. The number of carbonyl (C=O) groups excluding carboxylic acids is 1. The molecule has 0 aliphatic heterocycles. The van der Waals surface area contributed by atoms with Crippen molar-refractivity contribution in [3.05, 3.63) is 29.6 Å². The number of ether oxygens (including phenoxy) is 1. The Morgan fingerprint density at radius 2 is 2.32 bits per heavy atom. The van der Waals surface area contributed by atoms with Crippen LogP contribution in [0.2, 0.25) is 0 Å². The van der Waals surface area contributed by atoms with Gasteiger partial charge >= 0.3 is 5.97 Å². The van der Waals surface area contributed by atoms with E-state index >= 15 is 0 Å². The summed E-state index contributed by atoms with van der Waals surface area (Å²) in [5.74, 6) is -0.344. The van der Waals surface area contributed by atoms with E-state index in [-0.39, 0.29) is 5.97 Å². The van der Waals surface area contributed by atoms with Crippen LogP contribution in [0.25, 0.3) is 0 Å². The van der Waals surface area contributed by atoms with Crippen molar-refractivity contribution < 1.29 is 9.53 Å². The van der Waals surface area contributed by atoms with Crippen LogP contribution in [-0.4, -0.2) is 24.1 Å². The Hall–Kier alpha value is -1.42. The van der Waals surface area contributed by atoms with Gasteiger partial charge < -0.3 is 10.1 Å². The predicted molar refractivity (Wildman–Crippen MR) is 73.8 cm³/mol. The lowest BCUT2D eigenvalue weighted by Gasteiger charge is -2.27. The third-order valence-electron chi connectivity index (χ3n) is 4.03. The van der Waals surface area contributed by atoms with Gasteiger partial charge in [0, 0.05) is 18.8 Å². The van der Waals surface area contributed by atoms with Gasteiger partial charge in [-0.15, -0.1) is 0 Å². The molecule has 0 spiro atoms. The highest BCUT2D eigenvalue weighted by atomic mass is 16.5. The number of methoxy groups -OCH3 is 1. The highest BCUT2D eigenvalue weighted by Crippen LogP contribution is 2.37. The van der Waals surface area contributed by atoms with Crippen molar-refractivity contribution in [2.24, 2.45) is 5.41 Å². The minimum absolute atomic E-state index is 0.344. The molecule has 1 heterocycles. The molecule has 19 heavy (non-hydrogen) atoms. The van der Waals surface area contributed by atoms with Gasteiger partial charge in [0.25, 0.3) is 0 Å². The number of hydrogen-bond acceptors (Lipinski definition) is 4. The molecular weight excluding hydrogens is 240 g/mol. The van der Waals surface area contributed by atoms with Gasteiger partial charge in [-0.3, -0.25) is 4.98 Å². The van der Waals surface area contributed by atoms with Gasteiger partial charge in [0.05, 0.1) is 18.4 Å². The van der Waals surface area contributed by atoms with E-state index in [2.05, 4.69) is 28.9 Å². The number of hydrogen-bond donors (Lipinski definition) is 1. The van der Waals surface area contributed by atoms with Crippen LogP contribution in [0.4, 0.5) is 0 Å². The summed E-state index contributed by atoms with van der Waals surface area (Å²) >= 11 is 0. The molecule has 104 valence electrons. The monoisotopic (exact) mass is 262 g/mol. The zero-order valence-electron chi connectivity index (χ0n) is 11.9. The van der Waals surface area contributed by atoms with E-state index in [0.29, 0.717) is 17.0 Å². The highest BCUT2D eigenvalue weighted by molar-refractivity contribution is 5.88. The van der Waals surface area contributed by atoms with Crippen LogP contribution >= 0.6 is 0 Å². The Labute approximate surface area is 114 Å². The second-order valence-electron chi connectivity index (χ2n) is 5.84. The molecule has 0 bridgehead atoms. The standard InChI is InChI=1S/C15H22N2O2/c1-15(2)8-4-5-13(15)17-10-12-7-6-11(9-16-12)14(18)19-3/h6-7,9,13,17H,4-5,8,10H2,1-3H3. The van der Waals surface area contributed by atoms with E-state index in [1.54, 1.807) is 12.3 Å². The molecule has 1 atom stereocenters. The molecule has 1 aliphatic rings. The fourth-order valence-corrected chi connectivity index (χ4v) is 2.70. The molecule has 1 fully saturated rings. The van der Waals surface area contributed by atoms with E-state index in [1.165, 1.54) is 26.4 Å². The smallest absolute Gasteiger partial charge is 0.339 e. The summed E-state index contributed by atoms with van der Waals surface area (Å²) in [5.41, 5.74) is 1.81. The van der Waals surface area contributed by atoms with Crippen molar-refractivity contribution in [2.75, 3.05) is 7.11 Å². The van der Waals surface area contributed by atoms with Crippen LogP contribution in [0.5, 0.6) is 0 Å². The fourth-order valence-electron chi connectivity index (χ4n) is 2.70. The van der Waals surface area contributed by atoms with Crippen molar-refractivity contribution >= 4 is 5.97 Å². The first-order chi connectivity index (χ1) is 9.03. The van der Waals surface area contributed by atoms with E-state index < -0.39 is 0 Å². The normalized spacial score (nSPS) is 21.3. The summed E-state index contributed by atoms with van der Waals surface area (Å²) in [6.45, 7) is 5.37.